The first-order valence-electron chi connectivity index (χ1n) is 9.09. The Kier molecular flexibility index (Phi) is 6.72. The first-order chi connectivity index (χ1) is 13.0. The van der Waals surface area contributed by atoms with Crippen molar-refractivity contribution < 1.29 is 17.9 Å². The molecular weight excluding hydrogens is 376 g/mol. The molecule has 152 valence electrons. The molecule has 0 radical (unpaired) electrons. The molecule has 0 fully saturated rings. The maximum atomic E-state index is 12.8. The molecule has 2 rings (SSSR count). The molecule has 0 unspecified atom stereocenters. The lowest BCUT2D eigenvalue weighted by molar-refractivity contribution is -0.116. The number of nitrogens with one attached hydrogen (secondary N) is 1. The fourth-order valence-corrected chi connectivity index (χ4v) is 4.12. The van der Waals surface area contributed by atoms with Crippen LogP contribution in [0.2, 0.25) is 0 Å². The van der Waals surface area contributed by atoms with Gasteiger partial charge in [0.05, 0.1) is 19.1 Å². The van der Waals surface area contributed by atoms with Crippen molar-refractivity contribution in [2.45, 2.75) is 39.7 Å². The number of aryl methyl sites for hydroxylation is 1. The van der Waals surface area contributed by atoms with Crippen LogP contribution in [0, 0.1) is 6.92 Å². The molecule has 0 saturated heterocycles. The first kappa shape index (κ1) is 21.8. The zero-order valence-corrected chi connectivity index (χ0v) is 18.0. The number of benzene rings is 2. The van der Waals surface area contributed by atoms with Crippen molar-refractivity contribution in [2.24, 2.45) is 0 Å². The Labute approximate surface area is 167 Å². The fourth-order valence-electron chi connectivity index (χ4n) is 2.95. The Morgan fingerprint density at radius 3 is 2.18 bits per heavy atom. The van der Waals surface area contributed by atoms with Gasteiger partial charge in [-0.05, 0) is 55.2 Å². The zero-order valence-electron chi connectivity index (χ0n) is 17.2. The normalized spacial score (nSPS) is 12.5. The number of hydrogen-bond donors (Lipinski definition) is 1. The van der Waals surface area contributed by atoms with Crippen LogP contribution >= 0.6 is 0 Å². The van der Waals surface area contributed by atoms with E-state index in [4.69, 9.17) is 4.74 Å². The third-order valence-corrected chi connectivity index (χ3v) is 5.73. The molecule has 6 nitrogen and oxygen atoms in total. The number of nitrogens with zero attached hydrogens (tertiary/aromatic N) is 1. The van der Waals surface area contributed by atoms with Crippen molar-refractivity contribution >= 4 is 27.3 Å². The molecule has 1 amide bonds. The van der Waals surface area contributed by atoms with E-state index >= 15 is 0 Å². The topological polar surface area (TPSA) is 75.7 Å². The monoisotopic (exact) mass is 404 g/mol. The highest BCUT2D eigenvalue weighted by atomic mass is 32.2. The number of rotatable bonds is 7. The molecule has 0 bridgehead atoms. The van der Waals surface area contributed by atoms with Crippen LogP contribution < -0.4 is 14.4 Å². The van der Waals surface area contributed by atoms with Gasteiger partial charge in [0.25, 0.3) is 0 Å². The Balaban J connectivity index is 2.34. The second kappa shape index (κ2) is 8.65. The maximum Gasteiger partial charge on any atom is 0.247 e. The number of amides is 1. The van der Waals surface area contributed by atoms with Gasteiger partial charge in [-0.1, -0.05) is 32.0 Å². The van der Waals surface area contributed by atoms with Gasteiger partial charge in [0.1, 0.15) is 11.8 Å². The molecular formula is C21H28N2O4S. The summed E-state index contributed by atoms with van der Waals surface area (Å²) in [6.45, 7) is 7.59. The highest BCUT2D eigenvalue weighted by molar-refractivity contribution is 7.92. The predicted octanol–water partition coefficient (Wildman–Crippen LogP) is 3.92. The van der Waals surface area contributed by atoms with E-state index in [-0.39, 0.29) is 0 Å². The number of methoxy groups -OCH3 is 1. The predicted molar refractivity (Wildman–Crippen MR) is 114 cm³/mol. The van der Waals surface area contributed by atoms with Gasteiger partial charge in [0.15, 0.2) is 0 Å². The van der Waals surface area contributed by atoms with E-state index in [2.05, 4.69) is 19.2 Å². The molecule has 0 saturated carbocycles. The van der Waals surface area contributed by atoms with Gasteiger partial charge in [-0.15, -0.1) is 0 Å². The summed E-state index contributed by atoms with van der Waals surface area (Å²) >= 11 is 0. The minimum atomic E-state index is -3.73. The molecule has 28 heavy (non-hydrogen) atoms. The van der Waals surface area contributed by atoms with Crippen LogP contribution in [-0.4, -0.2) is 33.7 Å². The van der Waals surface area contributed by atoms with Crippen LogP contribution in [0.4, 0.5) is 11.4 Å². The summed E-state index contributed by atoms with van der Waals surface area (Å²) in [6.07, 6.45) is 1.08. The second-order valence-electron chi connectivity index (χ2n) is 7.18. The summed E-state index contributed by atoms with van der Waals surface area (Å²) in [5.41, 5.74) is 2.98. The third kappa shape index (κ3) is 5.04. The lowest BCUT2D eigenvalue weighted by Gasteiger charge is -2.29. The molecule has 1 atom stereocenters. The average molecular weight is 405 g/mol. The van der Waals surface area contributed by atoms with E-state index < -0.39 is 22.0 Å². The Bertz CT molecular complexity index is 937. The van der Waals surface area contributed by atoms with Crippen LogP contribution in [0.25, 0.3) is 0 Å². The number of carbonyl (C=O) groups excluding carboxylic acids is 1. The smallest absolute Gasteiger partial charge is 0.247 e. The van der Waals surface area contributed by atoms with Gasteiger partial charge in [-0.25, -0.2) is 8.42 Å². The summed E-state index contributed by atoms with van der Waals surface area (Å²) in [5, 5.41) is 2.80. The van der Waals surface area contributed by atoms with Crippen molar-refractivity contribution in [1.29, 1.82) is 0 Å². The van der Waals surface area contributed by atoms with E-state index in [0.29, 0.717) is 23.0 Å². The van der Waals surface area contributed by atoms with E-state index in [1.807, 2.05) is 37.3 Å². The van der Waals surface area contributed by atoms with Crippen molar-refractivity contribution in [3.63, 3.8) is 0 Å². The summed E-state index contributed by atoms with van der Waals surface area (Å²) in [5.74, 6) is 0.349. The number of anilines is 2. The zero-order chi connectivity index (χ0) is 21.1. The summed E-state index contributed by atoms with van der Waals surface area (Å²) in [6, 6.07) is 11.8. The molecule has 0 heterocycles. The fraction of sp³-hybridized carbons (Fsp3) is 0.381. The van der Waals surface area contributed by atoms with Crippen molar-refractivity contribution in [2.75, 3.05) is 23.0 Å². The molecule has 0 aliphatic rings. The lowest BCUT2D eigenvalue weighted by atomic mass is 10.0. The molecule has 0 aromatic heterocycles. The summed E-state index contributed by atoms with van der Waals surface area (Å²) < 4.78 is 31.5. The van der Waals surface area contributed by atoms with Crippen LogP contribution in [-0.2, 0) is 14.8 Å². The standard InChI is InChI=1S/C21H28N2O4S/c1-14(2)17-8-10-18(11-9-17)22-21(24)16(4)23(28(6,25)26)19-13-15(3)7-12-20(19)27-5/h7-14,16H,1-6H3,(H,22,24)/t16-/m0/s1. The number of carbonyl (C=O) groups is 1. The molecule has 0 aliphatic heterocycles. The Morgan fingerprint density at radius 1 is 1.07 bits per heavy atom. The third-order valence-electron chi connectivity index (χ3n) is 4.51. The van der Waals surface area contributed by atoms with Gasteiger partial charge >= 0.3 is 0 Å². The lowest BCUT2D eigenvalue weighted by Crippen LogP contribution is -2.45. The second-order valence-corrected chi connectivity index (χ2v) is 9.04. The summed E-state index contributed by atoms with van der Waals surface area (Å²) in [4.78, 5) is 12.8. The van der Waals surface area contributed by atoms with Crippen LogP contribution in [0.1, 0.15) is 37.8 Å². The first-order valence-corrected chi connectivity index (χ1v) is 10.9. The van der Waals surface area contributed by atoms with E-state index in [0.717, 1.165) is 21.7 Å². The van der Waals surface area contributed by atoms with E-state index in [1.165, 1.54) is 7.11 Å². The van der Waals surface area contributed by atoms with Crippen LogP contribution in [0.15, 0.2) is 42.5 Å². The quantitative estimate of drug-likeness (QED) is 0.759. The van der Waals surface area contributed by atoms with Crippen LogP contribution in [0.3, 0.4) is 0 Å². The SMILES string of the molecule is COc1ccc(C)cc1N([C@@H](C)C(=O)Nc1ccc(C(C)C)cc1)S(C)(=O)=O. The molecule has 2 aromatic rings. The van der Waals surface area contributed by atoms with Crippen LogP contribution in [0.5, 0.6) is 5.75 Å². The van der Waals surface area contributed by atoms with Crippen molar-refractivity contribution in [3.8, 4) is 5.75 Å². The Hall–Kier alpha value is -2.54. The molecule has 0 aliphatic carbocycles. The van der Waals surface area contributed by atoms with E-state index in [1.54, 1.807) is 19.1 Å². The largest absolute Gasteiger partial charge is 0.495 e. The highest BCUT2D eigenvalue weighted by Crippen LogP contribution is 2.33. The van der Waals surface area contributed by atoms with Crippen molar-refractivity contribution in [3.05, 3.63) is 53.6 Å². The van der Waals surface area contributed by atoms with Gasteiger partial charge in [-0.2, -0.15) is 0 Å². The van der Waals surface area contributed by atoms with Gasteiger partial charge < -0.3 is 10.1 Å². The van der Waals surface area contributed by atoms with E-state index in [9.17, 15) is 13.2 Å². The minimum absolute atomic E-state index is 0.336. The average Bonchev–Trinajstić information content (AvgIpc) is 2.61. The maximum absolute atomic E-state index is 12.8. The van der Waals surface area contributed by atoms with Gasteiger partial charge in [0, 0.05) is 5.69 Å². The Morgan fingerprint density at radius 2 is 1.68 bits per heavy atom. The molecule has 2 aromatic carbocycles. The van der Waals surface area contributed by atoms with Crippen molar-refractivity contribution in [1.82, 2.24) is 0 Å². The van der Waals surface area contributed by atoms with Gasteiger partial charge in [0.2, 0.25) is 15.9 Å². The molecule has 0 spiro atoms. The number of sulfonamides is 1. The highest BCUT2D eigenvalue weighted by Gasteiger charge is 2.31. The number of ether oxygens (including phenoxy) is 1. The summed E-state index contributed by atoms with van der Waals surface area (Å²) in [7, 11) is -2.26. The number of hydrogen-bond acceptors (Lipinski definition) is 4. The van der Waals surface area contributed by atoms with Gasteiger partial charge in [-0.3, -0.25) is 9.10 Å². The molecule has 7 heteroatoms. The minimum Gasteiger partial charge on any atom is -0.495 e. The molecule has 1 N–H and O–H groups in total.